The third-order valence-electron chi connectivity index (χ3n) is 5.52. The summed E-state index contributed by atoms with van der Waals surface area (Å²) in [6, 6.07) is 19.8. The zero-order valence-corrected chi connectivity index (χ0v) is 14.4. The first-order chi connectivity index (χ1) is 12.3. The minimum atomic E-state index is 0.435. The molecular formula is C23H20N2. The molecule has 0 fully saturated rings. The van der Waals surface area contributed by atoms with Gasteiger partial charge in [0.05, 0.1) is 0 Å². The summed E-state index contributed by atoms with van der Waals surface area (Å²) in [4.78, 5) is 9.19. The molecule has 0 spiro atoms. The maximum atomic E-state index is 4.66. The summed E-state index contributed by atoms with van der Waals surface area (Å²) in [7, 11) is 0. The first-order valence-electron chi connectivity index (χ1n) is 9.01. The van der Waals surface area contributed by atoms with Crippen molar-refractivity contribution >= 4 is 21.5 Å². The van der Waals surface area contributed by atoms with Crippen molar-refractivity contribution in [2.24, 2.45) is 0 Å². The van der Waals surface area contributed by atoms with Crippen LogP contribution in [0, 0.1) is 6.92 Å². The summed E-state index contributed by atoms with van der Waals surface area (Å²) in [5.74, 6) is 1.44. The predicted molar refractivity (Wildman–Crippen MR) is 103 cm³/mol. The smallest absolute Gasteiger partial charge is 0.131 e. The Labute approximate surface area is 147 Å². The SMILES string of the molecule is Cc1ccnc(C2CCc3c(ccc4c3ccc3ccccc34)C2)n1. The van der Waals surface area contributed by atoms with Gasteiger partial charge in [0.15, 0.2) is 0 Å². The average Bonchev–Trinajstić information content (AvgIpc) is 2.67. The molecule has 0 bridgehead atoms. The van der Waals surface area contributed by atoms with Crippen molar-refractivity contribution in [3.63, 3.8) is 0 Å². The van der Waals surface area contributed by atoms with E-state index in [0.29, 0.717) is 5.92 Å². The molecule has 1 aliphatic carbocycles. The van der Waals surface area contributed by atoms with Gasteiger partial charge in [-0.05, 0) is 64.9 Å². The lowest BCUT2D eigenvalue weighted by atomic mass is 9.80. The minimum absolute atomic E-state index is 0.435. The van der Waals surface area contributed by atoms with E-state index in [9.17, 15) is 0 Å². The van der Waals surface area contributed by atoms with Gasteiger partial charge in [0.25, 0.3) is 0 Å². The summed E-state index contributed by atoms with van der Waals surface area (Å²) >= 11 is 0. The molecule has 0 amide bonds. The fraction of sp³-hybridized carbons (Fsp3) is 0.217. The fourth-order valence-corrected chi connectivity index (χ4v) is 4.25. The molecule has 1 atom stereocenters. The third-order valence-corrected chi connectivity index (χ3v) is 5.52. The zero-order chi connectivity index (χ0) is 16.8. The van der Waals surface area contributed by atoms with Gasteiger partial charge in [0.2, 0.25) is 0 Å². The molecule has 0 N–H and O–H groups in total. The molecule has 0 saturated heterocycles. The molecule has 1 unspecified atom stereocenters. The molecule has 2 heteroatoms. The number of nitrogens with zero attached hydrogens (tertiary/aromatic N) is 2. The highest BCUT2D eigenvalue weighted by Gasteiger charge is 2.23. The second-order valence-corrected chi connectivity index (χ2v) is 7.08. The maximum Gasteiger partial charge on any atom is 0.131 e. The highest BCUT2D eigenvalue weighted by molar-refractivity contribution is 6.08. The van der Waals surface area contributed by atoms with Crippen LogP contribution in [-0.2, 0) is 12.8 Å². The normalized spacial score (nSPS) is 16.9. The van der Waals surface area contributed by atoms with Crippen LogP contribution >= 0.6 is 0 Å². The number of fused-ring (bicyclic) bond motifs is 5. The van der Waals surface area contributed by atoms with Crippen LogP contribution < -0.4 is 0 Å². The van der Waals surface area contributed by atoms with Crippen LogP contribution in [0.5, 0.6) is 0 Å². The number of rotatable bonds is 1. The van der Waals surface area contributed by atoms with Gasteiger partial charge in [0.1, 0.15) is 5.82 Å². The number of hydrogen-bond acceptors (Lipinski definition) is 2. The van der Waals surface area contributed by atoms with Gasteiger partial charge in [-0.3, -0.25) is 0 Å². The van der Waals surface area contributed by atoms with Crippen LogP contribution in [0.2, 0.25) is 0 Å². The monoisotopic (exact) mass is 324 g/mol. The molecule has 2 nitrogen and oxygen atoms in total. The van der Waals surface area contributed by atoms with Crippen LogP contribution in [0.3, 0.4) is 0 Å². The second kappa shape index (κ2) is 5.66. The van der Waals surface area contributed by atoms with E-state index in [1.165, 1.54) is 32.7 Å². The van der Waals surface area contributed by atoms with E-state index in [2.05, 4.69) is 58.5 Å². The Morgan fingerprint density at radius 2 is 1.76 bits per heavy atom. The lowest BCUT2D eigenvalue weighted by Gasteiger charge is -2.25. The first kappa shape index (κ1) is 14.6. The van der Waals surface area contributed by atoms with E-state index >= 15 is 0 Å². The standard InChI is InChI=1S/C23H20N2/c1-15-12-13-24-23(25-15)18-8-9-20-17(14-18)7-11-21-19-5-3-2-4-16(19)6-10-22(20)21/h2-7,10-13,18H,8-9,14H2,1H3. The Morgan fingerprint density at radius 1 is 0.880 bits per heavy atom. The van der Waals surface area contributed by atoms with Gasteiger partial charge in [-0.1, -0.05) is 48.5 Å². The Hall–Kier alpha value is -2.74. The average molecular weight is 324 g/mol. The summed E-state index contributed by atoms with van der Waals surface area (Å²) < 4.78 is 0. The van der Waals surface area contributed by atoms with Crippen LogP contribution in [0.1, 0.15) is 35.0 Å². The molecule has 0 saturated carbocycles. The van der Waals surface area contributed by atoms with Crippen molar-refractivity contribution in [1.29, 1.82) is 0 Å². The molecule has 0 aliphatic heterocycles. The zero-order valence-electron chi connectivity index (χ0n) is 14.4. The molecule has 1 heterocycles. The van der Waals surface area contributed by atoms with Gasteiger partial charge in [0, 0.05) is 17.8 Å². The number of aryl methyl sites for hydroxylation is 2. The summed E-state index contributed by atoms with van der Waals surface area (Å²) in [6.07, 6.45) is 5.16. The summed E-state index contributed by atoms with van der Waals surface area (Å²) in [5.41, 5.74) is 4.04. The molecule has 1 aromatic heterocycles. The fourth-order valence-electron chi connectivity index (χ4n) is 4.25. The summed E-state index contributed by atoms with van der Waals surface area (Å²) in [5, 5.41) is 5.46. The molecule has 0 radical (unpaired) electrons. The molecule has 25 heavy (non-hydrogen) atoms. The van der Waals surface area contributed by atoms with Crippen molar-refractivity contribution in [3.05, 3.63) is 83.4 Å². The Morgan fingerprint density at radius 3 is 2.68 bits per heavy atom. The van der Waals surface area contributed by atoms with Crippen LogP contribution in [-0.4, -0.2) is 9.97 Å². The Kier molecular flexibility index (Phi) is 3.30. The van der Waals surface area contributed by atoms with E-state index in [-0.39, 0.29) is 0 Å². The van der Waals surface area contributed by atoms with Crippen molar-refractivity contribution in [2.75, 3.05) is 0 Å². The van der Waals surface area contributed by atoms with Crippen LogP contribution in [0.25, 0.3) is 21.5 Å². The largest absolute Gasteiger partial charge is 0.241 e. The third kappa shape index (κ3) is 2.41. The molecule has 1 aliphatic rings. The highest BCUT2D eigenvalue weighted by atomic mass is 14.9. The van der Waals surface area contributed by atoms with Gasteiger partial charge in [-0.15, -0.1) is 0 Å². The number of hydrogen-bond donors (Lipinski definition) is 0. The van der Waals surface area contributed by atoms with Crippen molar-refractivity contribution in [1.82, 2.24) is 9.97 Å². The van der Waals surface area contributed by atoms with Gasteiger partial charge < -0.3 is 0 Å². The molecule has 5 rings (SSSR count). The lowest BCUT2D eigenvalue weighted by molar-refractivity contribution is 0.555. The van der Waals surface area contributed by atoms with Crippen molar-refractivity contribution in [3.8, 4) is 0 Å². The minimum Gasteiger partial charge on any atom is -0.241 e. The number of benzene rings is 3. The van der Waals surface area contributed by atoms with Gasteiger partial charge in [-0.2, -0.15) is 0 Å². The van der Waals surface area contributed by atoms with E-state index in [0.717, 1.165) is 30.8 Å². The number of aromatic nitrogens is 2. The maximum absolute atomic E-state index is 4.66. The molecular weight excluding hydrogens is 304 g/mol. The van der Waals surface area contributed by atoms with E-state index in [4.69, 9.17) is 0 Å². The van der Waals surface area contributed by atoms with E-state index in [1.54, 1.807) is 0 Å². The van der Waals surface area contributed by atoms with E-state index < -0.39 is 0 Å². The van der Waals surface area contributed by atoms with Crippen molar-refractivity contribution < 1.29 is 0 Å². The highest BCUT2D eigenvalue weighted by Crippen LogP contribution is 2.37. The van der Waals surface area contributed by atoms with E-state index in [1.807, 2.05) is 19.2 Å². The second-order valence-electron chi connectivity index (χ2n) is 7.08. The predicted octanol–water partition coefficient (Wildman–Crippen LogP) is 5.36. The molecule has 4 aromatic rings. The van der Waals surface area contributed by atoms with Gasteiger partial charge >= 0.3 is 0 Å². The topological polar surface area (TPSA) is 25.8 Å². The van der Waals surface area contributed by atoms with Crippen LogP contribution in [0.4, 0.5) is 0 Å². The molecule has 3 aromatic carbocycles. The Bertz CT molecular complexity index is 1100. The quantitative estimate of drug-likeness (QED) is 0.440. The first-order valence-corrected chi connectivity index (χ1v) is 9.01. The van der Waals surface area contributed by atoms with Gasteiger partial charge in [-0.25, -0.2) is 9.97 Å². The summed E-state index contributed by atoms with van der Waals surface area (Å²) in [6.45, 7) is 2.04. The lowest BCUT2D eigenvalue weighted by Crippen LogP contribution is -2.15. The van der Waals surface area contributed by atoms with Crippen LogP contribution in [0.15, 0.2) is 60.8 Å². The Balaban J connectivity index is 1.61. The molecule has 122 valence electrons. The van der Waals surface area contributed by atoms with Crippen molar-refractivity contribution in [2.45, 2.75) is 32.1 Å².